The van der Waals surface area contributed by atoms with Crippen molar-refractivity contribution in [3.05, 3.63) is 36.4 Å². The Morgan fingerprint density at radius 2 is 1.92 bits per heavy atom. The number of cyclic esters (lactones) is 2. The van der Waals surface area contributed by atoms with Crippen molar-refractivity contribution in [2.45, 2.75) is 25.6 Å². The summed E-state index contributed by atoms with van der Waals surface area (Å²) in [4.78, 5) is 22.6. The van der Waals surface area contributed by atoms with E-state index in [2.05, 4.69) is 0 Å². The average Bonchev–Trinajstić information content (AvgIpc) is 2.94. The third-order valence-electron chi connectivity index (χ3n) is 3.29. The van der Waals surface area contributed by atoms with Gasteiger partial charge in [0.05, 0.1) is 20.3 Å². The summed E-state index contributed by atoms with van der Waals surface area (Å²) in [6.45, 7) is 2.32. The largest absolute Gasteiger partial charge is 0.509 e. The Hall–Kier alpha value is -2.70. The predicted octanol–water partition coefficient (Wildman–Crippen LogP) is 2.49. The molecule has 0 amide bonds. The van der Waals surface area contributed by atoms with E-state index in [0.717, 1.165) is 5.75 Å². The Bertz CT molecular complexity index is 579. The quantitative estimate of drug-likeness (QED) is 0.533. The zero-order chi connectivity index (χ0) is 17.4. The number of carbonyl (C=O) groups is 2. The Kier molecular flexibility index (Phi) is 6.48. The summed E-state index contributed by atoms with van der Waals surface area (Å²) >= 11 is 0. The van der Waals surface area contributed by atoms with Crippen molar-refractivity contribution in [2.75, 3.05) is 20.3 Å². The standard InChI is InChI=1S/C17H20O7/c1-3-21-16(18)9-8-14-15(24-17(19)23-14)10-11-22-13-6-4-12(20-2)5-7-13/h4-9,14-15H,3,10-11H2,1-2H3/b9-8+/t14-,15-/m1/s1. The van der Waals surface area contributed by atoms with Gasteiger partial charge in [-0.2, -0.15) is 0 Å². The molecule has 1 fully saturated rings. The normalized spacial score (nSPS) is 19.7. The second-order valence-corrected chi connectivity index (χ2v) is 4.91. The Morgan fingerprint density at radius 3 is 2.58 bits per heavy atom. The number of benzene rings is 1. The molecule has 0 aromatic heterocycles. The molecule has 0 spiro atoms. The van der Waals surface area contributed by atoms with Crippen LogP contribution in [0, 0.1) is 0 Å². The fourth-order valence-corrected chi connectivity index (χ4v) is 2.12. The summed E-state index contributed by atoms with van der Waals surface area (Å²) in [6.07, 6.45) is 1.20. The first-order valence-corrected chi connectivity index (χ1v) is 7.61. The molecule has 1 aliphatic rings. The highest BCUT2D eigenvalue weighted by Crippen LogP contribution is 2.21. The lowest BCUT2D eigenvalue weighted by atomic mass is 10.1. The summed E-state index contributed by atoms with van der Waals surface area (Å²) in [5.74, 6) is 0.929. The van der Waals surface area contributed by atoms with Crippen LogP contribution in [0.5, 0.6) is 11.5 Å². The van der Waals surface area contributed by atoms with Crippen molar-refractivity contribution in [3.63, 3.8) is 0 Å². The Morgan fingerprint density at radius 1 is 1.21 bits per heavy atom. The molecule has 1 aromatic rings. The number of esters is 1. The van der Waals surface area contributed by atoms with Crippen LogP contribution in [0.1, 0.15) is 13.3 Å². The van der Waals surface area contributed by atoms with E-state index in [1.54, 1.807) is 38.3 Å². The van der Waals surface area contributed by atoms with E-state index in [4.69, 9.17) is 23.7 Å². The van der Waals surface area contributed by atoms with E-state index in [9.17, 15) is 9.59 Å². The summed E-state index contributed by atoms with van der Waals surface area (Å²) in [7, 11) is 1.59. The van der Waals surface area contributed by atoms with Gasteiger partial charge in [0.25, 0.3) is 0 Å². The van der Waals surface area contributed by atoms with Crippen molar-refractivity contribution < 1.29 is 33.3 Å². The van der Waals surface area contributed by atoms with Crippen molar-refractivity contribution in [3.8, 4) is 11.5 Å². The van der Waals surface area contributed by atoms with E-state index in [0.29, 0.717) is 18.8 Å². The number of carbonyl (C=O) groups excluding carboxylic acids is 2. The lowest BCUT2D eigenvalue weighted by Gasteiger charge is -2.13. The monoisotopic (exact) mass is 336 g/mol. The molecule has 0 aliphatic carbocycles. The van der Waals surface area contributed by atoms with Crippen molar-refractivity contribution in [1.82, 2.24) is 0 Å². The molecule has 0 radical (unpaired) electrons. The average molecular weight is 336 g/mol. The topological polar surface area (TPSA) is 80.3 Å². The van der Waals surface area contributed by atoms with Gasteiger partial charge in [0.15, 0.2) is 6.10 Å². The zero-order valence-corrected chi connectivity index (χ0v) is 13.6. The maximum Gasteiger partial charge on any atom is 0.509 e. The molecule has 1 heterocycles. The minimum absolute atomic E-state index is 0.281. The summed E-state index contributed by atoms with van der Waals surface area (Å²) in [5, 5.41) is 0. The van der Waals surface area contributed by atoms with Crippen LogP contribution in [0.4, 0.5) is 4.79 Å². The van der Waals surface area contributed by atoms with Crippen LogP contribution >= 0.6 is 0 Å². The highest BCUT2D eigenvalue weighted by Gasteiger charge is 2.34. The van der Waals surface area contributed by atoms with Gasteiger partial charge >= 0.3 is 12.1 Å². The molecule has 7 nitrogen and oxygen atoms in total. The maximum atomic E-state index is 11.3. The molecule has 2 atom stereocenters. The van der Waals surface area contributed by atoms with Crippen LogP contribution in [-0.2, 0) is 19.0 Å². The molecular formula is C17H20O7. The molecule has 1 aliphatic heterocycles. The van der Waals surface area contributed by atoms with Gasteiger partial charge in [0.2, 0.25) is 0 Å². The van der Waals surface area contributed by atoms with Gasteiger partial charge < -0.3 is 23.7 Å². The summed E-state index contributed by atoms with van der Waals surface area (Å²) in [6, 6.07) is 7.15. The molecule has 0 bridgehead atoms. The molecule has 0 N–H and O–H groups in total. The number of methoxy groups -OCH3 is 1. The van der Waals surface area contributed by atoms with Crippen LogP contribution in [0.25, 0.3) is 0 Å². The van der Waals surface area contributed by atoms with Crippen LogP contribution in [0.3, 0.4) is 0 Å². The fraction of sp³-hybridized carbons (Fsp3) is 0.412. The van der Waals surface area contributed by atoms with Crippen LogP contribution in [0.2, 0.25) is 0 Å². The fourth-order valence-electron chi connectivity index (χ4n) is 2.12. The Labute approximate surface area is 140 Å². The highest BCUT2D eigenvalue weighted by atomic mass is 16.8. The number of hydrogen-bond acceptors (Lipinski definition) is 7. The van der Waals surface area contributed by atoms with Crippen molar-refractivity contribution >= 4 is 12.1 Å². The van der Waals surface area contributed by atoms with E-state index in [-0.39, 0.29) is 6.61 Å². The van der Waals surface area contributed by atoms with Crippen molar-refractivity contribution in [2.24, 2.45) is 0 Å². The van der Waals surface area contributed by atoms with E-state index >= 15 is 0 Å². The van der Waals surface area contributed by atoms with Gasteiger partial charge in [-0.15, -0.1) is 0 Å². The maximum absolute atomic E-state index is 11.3. The van der Waals surface area contributed by atoms with Gasteiger partial charge in [-0.25, -0.2) is 9.59 Å². The van der Waals surface area contributed by atoms with Crippen LogP contribution in [0.15, 0.2) is 36.4 Å². The van der Waals surface area contributed by atoms with E-state index in [1.807, 2.05) is 0 Å². The third-order valence-corrected chi connectivity index (χ3v) is 3.29. The SMILES string of the molecule is CCOC(=O)/C=C/[C@H]1OC(=O)O[C@@H]1CCOc1ccc(OC)cc1. The second-order valence-electron chi connectivity index (χ2n) is 4.91. The smallest absolute Gasteiger partial charge is 0.497 e. The minimum Gasteiger partial charge on any atom is -0.497 e. The minimum atomic E-state index is -0.761. The lowest BCUT2D eigenvalue weighted by molar-refractivity contribution is -0.137. The predicted molar refractivity (Wildman–Crippen MR) is 84.0 cm³/mol. The van der Waals surface area contributed by atoms with Gasteiger partial charge in [-0.1, -0.05) is 0 Å². The first kappa shape index (κ1) is 17.7. The highest BCUT2D eigenvalue weighted by molar-refractivity contribution is 5.82. The first-order chi connectivity index (χ1) is 11.6. The number of rotatable bonds is 8. The van der Waals surface area contributed by atoms with Gasteiger partial charge in [-0.3, -0.25) is 0 Å². The number of hydrogen-bond donors (Lipinski definition) is 0. The molecule has 0 unspecified atom stereocenters. The molecule has 7 heteroatoms. The summed E-state index contributed by atoms with van der Waals surface area (Å²) in [5.41, 5.74) is 0. The second kappa shape index (κ2) is 8.81. The Balaban J connectivity index is 1.82. The first-order valence-electron chi connectivity index (χ1n) is 7.61. The molecule has 1 saturated heterocycles. The van der Waals surface area contributed by atoms with E-state index in [1.165, 1.54) is 12.2 Å². The van der Waals surface area contributed by atoms with E-state index < -0.39 is 24.3 Å². The van der Waals surface area contributed by atoms with Gasteiger partial charge in [0.1, 0.15) is 17.6 Å². The van der Waals surface area contributed by atoms with Crippen LogP contribution < -0.4 is 9.47 Å². The van der Waals surface area contributed by atoms with Gasteiger partial charge in [0, 0.05) is 12.5 Å². The molecular weight excluding hydrogens is 316 g/mol. The van der Waals surface area contributed by atoms with Crippen molar-refractivity contribution in [1.29, 1.82) is 0 Å². The lowest BCUT2D eigenvalue weighted by Crippen LogP contribution is -2.23. The third kappa shape index (κ3) is 5.19. The molecule has 1 aromatic carbocycles. The zero-order valence-electron chi connectivity index (χ0n) is 13.6. The van der Waals surface area contributed by atoms with Gasteiger partial charge in [-0.05, 0) is 37.3 Å². The molecule has 2 rings (SSSR count). The summed E-state index contributed by atoms with van der Waals surface area (Å²) < 4.78 is 25.5. The molecule has 0 saturated carbocycles. The molecule has 130 valence electrons. The molecule has 24 heavy (non-hydrogen) atoms. The van der Waals surface area contributed by atoms with Crippen LogP contribution in [-0.4, -0.2) is 44.7 Å². The number of ether oxygens (including phenoxy) is 5.